The third-order valence-corrected chi connectivity index (χ3v) is 4.61. The summed E-state index contributed by atoms with van der Waals surface area (Å²) in [4.78, 5) is 0. The van der Waals surface area contributed by atoms with E-state index in [9.17, 15) is 0 Å². The molecule has 0 aromatic heterocycles. The van der Waals surface area contributed by atoms with Crippen molar-refractivity contribution in [3.63, 3.8) is 0 Å². The minimum atomic E-state index is 0.0469. The Hall–Kier alpha value is -1.22. The molecule has 1 N–H and O–H groups in total. The van der Waals surface area contributed by atoms with E-state index in [1.54, 1.807) is 7.11 Å². The fourth-order valence-electron chi connectivity index (χ4n) is 3.63. The van der Waals surface area contributed by atoms with Crippen molar-refractivity contribution in [2.24, 2.45) is 0 Å². The minimum Gasteiger partial charge on any atom is -0.496 e. The standard InChI is InChI=1S/C16H23NO2/c1-17-12-11-16(9-4-3-5-10-16)19-14-8-6-7-13(18-2)15(12)14/h6-8,12,17H,3-5,9-11H2,1-2H3. The molecule has 1 heterocycles. The second-order valence-corrected chi connectivity index (χ2v) is 5.76. The van der Waals surface area contributed by atoms with Gasteiger partial charge in [-0.1, -0.05) is 12.5 Å². The largest absolute Gasteiger partial charge is 0.496 e. The molecule has 1 aliphatic heterocycles. The molecule has 1 aromatic rings. The van der Waals surface area contributed by atoms with Crippen LogP contribution in [0.3, 0.4) is 0 Å². The van der Waals surface area contributed by atoms with Gasteiger partial charge in [0.05, 0.1) is 12.7 Å². The molecule has 0 radical (unpaired) electrons. The number of benzene rings is 1. The molecule has 1 aromatic carbocycles. The highest BCUT2D eigenvalue weighted by Gasteiger charge is 2.42. The molecule has 0 bridgehead atoms. The van der Waals surface area contributed by atoms with E-state index in [1.165, 1.54) is 37.7 Å². The topological polar surface area (TPSA) is 30.5 Å². The Bertz CT molecular complexity index is 452. The summed E-state index contributed by atoms with van der Waals surface area (Å²) >= 11 is 0. The first-order valence-corrected chi connectivity index (χ1v) is 7.31. The molecule has 1 saturated carbocycles. The molecule has 1 fully saturated rings. The van der Waals surface area contributed by atoms with Gasteiger partial charge >= 0.3 is 0 Å². The van der Waals surface area contributed by atoms with Crippen LogP contribution in [0.1, 0.15) is 50.1 Å². The van der Waals surface area contributed by atoms with Crippen LogP contribution in [0.5, 0.6) is 11.5 Å². The summed E-state index contributed by atoms with van der Waals surface area (Å²) in [7, 11) is 3.76. The van der Waals surface area contributed by atoms with Crippen molar-refractivity contribution in [1.29, 1.82) is 0 Å². The lowest BCUT2D eigenvalue weighted by atomic mass is 9.77. The molecule has 0 saturated heterocycles. The van der Waals surface area contributed by atoms with Gasteiger partial charge in [0.15, 0.2) is 0 Å². The van der Waals surface area contributed by atoms with Crippen LogP contribution in [-0.4, -0.2) is 19.8 Å². The van der Waals surface area contributed by atoms with Gasteiger partial charge < -0.3 is 14.8 Å². The molecular formula is C16H23NO2. The highest BCUT2D eigenvalue weighted by Crippen LogP contribution is 2.48. The molecule has 3 nitrogen and oxygen atoms in total. The maximum absolute atomic E-state index is 6.41. The lowest BCUT2D eigenvalue weighted by molar-refractivity contribution is -0.00244. The zero-order valence-electron chi connectivity index (χ0n) is 11.9. The minimum absolute atomic E-state index is 0.0469. The number of methoxy groups -OCH3 is 1. The third kappa shape index (κ3) is 2.20. The summed E-state index contributed by atoms with van der Waals surface area (Å²) in [5.74, 6) is 1.94. The van der Waals surface area contributed by atoms with E-state index >= 15 is 0 Å². The molecule has 1 aliphatic carbocycles. The maximum Gasteiger partial charge on any atom is 0.128 e. The molecule has 2 aliphatic rings. The summed E-state index contributed by atoms with van der Waals surface area (Å²) in [6.45, 7) is 0. The van der Waals surface area contributed by atoms with E-state index in [0.717, 1.165) is 17.9 Å². The van der Waals surface area contributed by atoms with Crippen molar-refractivity contribution in [1.82, 2.24) is 5.32 Å². The van der Waals surface area contributed by atoms with Crippen LogP contribution >= 0.6 is 0 Å². The first kappa shape index (κ1) is 12.8. The number of ether oxygens (including phenoxy) is 2. The second-order valence-electron chi connectivity index (χ2n) is 5.76. The zero-order valence-corrected chi connectivity index (χ0v) is 11.9. The molecule has 3 heteroatoms. The fraction of sp³-hybridized carbons (Fsp3) is 0.625. The number of hydrogen-bond acceptors (Lipinski definition) is 3. The van der Waals surface area contributed by atoms with Gasteiger partial charge in [-0.2, -0.15) is 0 Å². The van der Waals surface area contributed by atoms with E-state index in [1.807, 2.05) is 19.2 Å². The Labute approximate surface area is 115 Å². The van der Waals surface area contributed by atoms with Gasteiger partial charge in [0, 0.05) is 12.5 Å². The van der Waals surface area contributed by atoms with Crippen LogP contribution in [0.25, 0.3) is 0 Å². The third-order valence-electron chi connectivity index (χ3n) is 4.61. The van der Waals surface area contributed by atoms with Crippen molar-refractivity contribution in [3.8, 4) is 11.5 Å². The lowest BCUT2D eigenvalue weighted by Crippen LogP contribution is -2.45. The maximum atomic E-state index is 6.41. The predicted octanol–water partition coefficient (Wildman–Crippen LogP) is 3.44. The van der Waals surface area contributed by atoms with Crippen molar-refractivity contribution >= 4 is 0 Å². The number of hydrogen-bond donors (Lipinski definition) is 1. The molecule has 1 atom stereocenters. The van der Waals surface area contributed by atoms with Crippen LogP contribution in [0.4, 0.5) is 0 Å². The normalized spacial score (nSPS) is 24.6. The average Bonchev–Trinajstić information content (AvgIpc) is 2.46. The van der Waals surface area contributed by atoms with Crippen LogP contribution < -0.4 is 14.8 Å². The van der Waals surface area contributed by atoms with E-state index in [4.69, 9.17) is 9.47 Å². The number of nitrogens with one attached hydrogen (secondary N) is 1. The predicted molar refractivity (Wildman–Crippen MR) is 75.9 cm³/mol. The summed E-state index contributed by atoms with van der Waals surface area (Å²) in [5.41, 5.74) is 1.23. The Morgan fingerprint density at radius 1 is 1.26 bits per heavy atom. The first-order valence-electron chi connectivity index (χ1n) is 7.31. The van der Waals surface area contributed by atoms with Gasteiger partial charge in [0.1, 0.15) is 17.1 Å². The van der Waals surface area contributed by atoms with Gasteiger partial charge in [0.2, 0.25) is 0 Å². The lowest BCUT2D eigenvalue weighted by Gasteiger charge is -2.44. The van der Waals surface area contributed by atoms with Gasteiger partial charge in [-0.25, -0.2) is 0 Å². The number of fused-ring (bicyclic) bond motifs is 1. The molecular weight excluding hydrogens is 238 g/mol. The van der Waals surface area contributed by atoms with Crippen molar-refractivity contribution < 1.29 is 9.47 Å². The summed E-state index contributed by atoms with van der Waals surface area (Å²) in [5, 5.41) is 3.45. The SMILES string of the molecule is CNC1CC2(CCCCC2)Oc2cccc(OC)c21. The fourth-order valence-corrected chi connectivity index (χ4v) is 3.63. The van der Waals surface area contributed by atoms with Crippen molar-refractivity contribution in [2.45, 2.75) is 50.2 Å². The van der Waals surface area contributed by atoms with Crippen molar-refractivity contribution in [2.75, 3.05) is 14.2 Å². The van der Waals surface area contributed by atoms with Gasteiger partial charge in [0.25, 0.3) is 0 Å². The Morgan fingerprint density at radius 2 is 2.05 bits per heavy atom. The van der Waals surface area contributed by atoms with Crippen LogP contribution in [0.2, 0.25) is 0 Å². The molecule has 1 spiro atoms. The van der Waals surface area contributed by atoms with Gasteiger partial charge in [-0.15, -0.1) is 0 Å². The summed E-state index contributed by atoms with van der Waals surface area (Å²) < 4.78 is 11.9. The Morgan fingerprint density at radius 3 is 2.74 bits per heavy atom. The Balaban J connectivity index is 1.99. The molecule has 1 unspecified atom stereocenters. The quantitative estimate of drug-likeness (QED) is 0.884. The smallest absolute Gasteiger partial charge is 0.128 e. The highest BCUT2D eigenvalue weighted by atomic mass is 16.5. The summed E-state index contributed by atoms with van der Waals surface area (Å²) in [6.07, 6.45) is 7.34. The molecule has 104 valence electrons. The van der Waals surface area contributed by atoms with E-state index in [-0.39, 0.29) is 5.60 Å². The zero-order chi connectivity index (χ0) is 13.3. The summed E-state index contributed by atoms with van der Waals surface area (Å²) in [6, 6.07) is 6.45. The van der Waals surface area contributed by atoms with Gasteiger partial charge in [-0.05, 0) is 44.9 Å². The van der Waals surface area contributed by atoms with Gasteiger partial charge in [-0.3, -0.25) is 0 Å². The molecule has 3 rings (SSSR count). The van der Waals surface area contributed by atoms with E-state index < -0.39 is 0 Å². The Kier molecular flexibility index (Phi) is 3.40. The monoisotopic (exact) mass is 261 g/mol. The van der Waals surface area contributed by atoms with Crippen molar-refractivity contribution in [3.05, 3.63) is 23.8 Å². The molecule has 19 heavy (non-hydrogen) atoms. The highest BCUT2D eigenvalue weighted by molar-refractivity contribution is 5.49. The van der Waals surface area contributed by atoms with Crippen LogP contribution in [0.15, 0.2) is 18.2 Å². The van der Waals surface area contributed by atoms with E-state index in [2.05, 4.69) is 11.4 Å². The van der Waals surface area contributed by atoms with E-state index in [0.29, 0.717) is 6.04 Å². The second kappa shape index (κ2) is 5.04. The molecule has 0 amide bonds. The van der Waals surface area contributed by atoms with Crippen LogP contribution in [0, 0.1) is 0 Å². The number of rotatable bonds is 2. The first-order chi connectivity index (χ1) is 9.28. The average molecular weight is 261 g/mol. The van der Waals surface area contributed by atoms with Crippen LogP contribution in [-0.2, 0) is 0 Å².